The molecule has 0 aliphatic carbocycles. The third kappa shape index (κ3) is 5.42. The maximum Gasteiger partial charge on any atom is 0.339 e. The summed E-state index contributed by atoms with van der Waals surface area (Å²) in [7, 11) is -1.50. The summed E-state index contributed by atoms with van der Waals surface area (Å²) < 4.78 is 39.1. The Morgan fingerprint density at radius 3 is 2.27 bits per heavy atom. The highest BCUT2D eigenvalue weighted by atomic mass is 32.2. The van der Waals surface area contributed by atoms with Crippen molar-refractivity contribution in [3.8, 4) is 5.75 Å². The number of ether oxygens (including phenoxy) is 2. The second-order valence-electron chi connectivity index (χ2n) is 8.76. The number of H-pyrrole nitrogens is 1. The van der Waals surface area contributed by atoms with Gasteiger partial charge in [0.15, 0.2) is 0 Å². The number of nitrogens with zero attached hydrogens (tertiary/aromatic N) is 1. The lowest BCUT2D eigenvalue weighted by Crippen LogP contribution is -2.33. The van der Waals surface area contributed by atoms with Crippen LogP contribution in [-0.2, 0) is 27.8 Å². The van der Waals surface area contributed by atoms with E-state index in [0.29, 0.717) is 16.8 Å². The Morgan fingerprint density at radius 1 is 0.919 bits per heavy atom. The molecule has 0 saturated heterocycles. The second-order valence-corrected chi connectivity index (χ2v) is 10.7. The van der Waals surface area contributed by atoms with Crippen molar-refractivity contribution < 1.29 is 22.7 Å². The number of aromatic amines is 1. The molecule has 0 fully saturated rings. The van der Waals surface area contributed by atoms with Gasteiger partial charge in [-0.15, -0.1) is 0 Å². The number of fused-ring (bicyclic) bond motifs is 1. The number of esters is 1. The number of aryl methyl sites for hydroxylation is 2. The number of rotatable bonds is 8. The number of carbonyl (C=O) groups excluding carboxylic acids is 1. The molecule has 1 heterocycles. The summed E-state index contributed by atoms with van der Waals surface area (Å²) in [4.78, 5) is 28.1. The van der Waals surface area contributed by atoms with Crippen molar-refractivity contribution in [2.75, 3.05) is 14.2 Å². The number of pyridine rings is 1. The van der Waals surface area contributed by atoms with Gasteiger partial charge in [0.2, 0.25) is 10.0 Å². The first-order valence-electron chi connectivity index (χ1n) is 11.6. The van der Waals surface area contributed by atoms with Gasteiger partial charge in [-0.2, -0.15) is 4.31 Å². The highest BCUT2D eigenvalue weighted by Crippen LogP contribution is 2.26. The first kappa shape index (κ1) is 26.1. The Bertz CT molecular complexity index is 1630. The molecule has 0 bridgehead atoms. The summed E-state index contributed by atoms with van der Waals surface area (Å²) in [5.74, 6) is -0.135. The van der Waals surface area contributed by atoms with Gasteiger partial charge in [0.1, 0.15) is 5.75 Å². The van der Waals surface area contributed by atoms with Crippen molar-refractivity contribution in [2.45, 2.75) is 31.8 Å². The molecule has 0 aliphatic rings. The normalized spacial score (nSPS) is 11.6. The van der Waals surface area contributed by atoms with E-state index >= 15 is 0 Å². The summed E-state index contributed by atoms with van der Waals surface area (Å²) in [6, 6.07) is 18.4. The maximum absolute atomic E-state index is 14.0. The average molecular weight is 521 g/mol. The van der Waals surface area contributed by atoms with E-state index in [-0.39, 0.29) is 34.7 Å². The summed E-state index contributed by atoms with van der Waals surface area (Å²) in [5, 5.41) is 0.800. The van der Waals surface area contributed by atoms with Gasteiger partial charge in [-0.25, -0.2) is 13.2 Å². The summed E-state index contributed by atoms with van der Waals surface area (Å²) >= 11 is 0. The molecule has 4 rings (SSSR count). The number of hydrogen-bond donors (Lipinski definition) is 1. The Morgan fingerprint density at radius 2 is 1.59 bits per heavy atom. The van der Waals surface area contributed by atoms with Crippen molar-refractivity contribution in [3.05, 3.63) is 105 Å². The first-order valence-corrected chi connectivity index (χ1v) is 13.0. The molecule has 0 radical (unpaired) electrons. The highest BCUT2D eigenvalue weighted by Gasteiger charge is 2.30. The van der Waals surface area contributed by atoms with Gasteiger partial charge in [0, 0.05) is 24.2 Å². The Balaban J connectivity index is 1.82. The van der Waals surface area contributed by atoms with Crippen molar-refractivity contribution in [1.29, 1.82) is 0 Å². The largest absolute Gasteiger partial charge is 0.497 e. The fraction of sp³-hybridized carbons (Fsp3) is 0.214. The number of carbonyl (C=O) groups is 1. The number of nitrogens with one attached hydrogen (secondary N) is 1. The third-order valence-corrected chi connectivity index (χ3v) is 8.16. The molecule has 1 aromatic heterocycles. The van der Waals surface area contributed by atoms with E-state index in [1.807, 2.05) is 26.0 Å². The zero-order valence-electron chi connectivity index (χ0n) is 21.1. The van der Waals surface area contributed by atoms with Crippen LogP contribution >= 0.6 is 0 Å². The Hall–Kier alpha value is -3.95. The van der Waals surface area contributed by atoms with Gasteiger partial charge in [-0.05, 0) is 78.4 Å². The van der Waals surface area contributed by atoms with Crippen LogP contribution in [0.3, 0.4) is 0 Å². The van der Waals surface area contributed by atoms with E-state index in [4.69, 9.17) is 9.47 Å². The molecule has 0 amide bonds. The molecule has 0 unspecified atom stereocenters. The van der Waals surface area contributed by atoms with Gasteiger partial charge >= 0.3 is 5.97 Å². The topological polar surface area (TPSA) is 106 Å². The zero-order valence-corrected chi connectivity index (χ0v) is 21.9. The quantitative estimate of drug-likeness (QED) is 0.347. The van der Waals surface area contributed by atoms with E-state index in [2.05, 4.69) is 4.98 Å². The number of aromatic nitrogens is 1. The minimum Gasteiger partial charge on any atom is -0.497 e. The SMILES string of the molecule is COC(=O)c1ccccc1S(=O)(=O)N(Cc1ccc(OC)cc1)Cc1cc2cc(C)c(C)cc2[nH]c1=O. The molecule has 0 saturated carbocycles. The van der Waals surface area contributed by atoms with Crippen LogP contribution in [0.25, 0.3) is 10.9 Å². The number of sulfonamides is 1. The molecule has 37 heavy (non-hydrogen) atoms. The van der Waals surface area contributed by atoms with E-state index in [1.165, 1.54) is 23.5 Å². The van der Waals surface area contributed by atoms with Crippen molar-refractivity contribution >= 4 is 26.9 Å². The molecule has 4 aromatic rings. The van der Waals surface area contributed by atoms with E-state index < -0.39 is 16.0 Å². The van der Waals surface area contributed by atoms with Crippen LogP contribution in [0.2, 0.25) is 0 Å². The molecule has 0 spiro atoms. The summed E-state index contributed by atoms with van der Waals surface area (Å²) in [6.45, 7) is 3.70. The standard InChI is InChI=1S/C28H28N2O6S/c1-18-13-21-15-22(27(31)29-25(21)14-19(18)2)17-30(16-20-9-11-23(35-3)12-10-20)37(33,34)26-8-6-5-7-24(26)28(32)36-4/h5-15H,16-17H2,1-4H3,(H,29,31). The molecule has 9 heteroatoms. The highest BCUT2D eigenvalue weighted by molar-refractivity contribution is 7.89. The molecular formula is C28H28N2O6S. The number of methoxy groups -OCH3 is 2. The van der Waals surface area contributed by atoms with Gasteiger partial charge in [-0.3, -0.25) is 4.79 Å². The summed E-state index contributed by atoms with van der Waals surface area (Å²) in [6.07, 6.45) is 0. The van der Waals surface area contributed by atoms with Crippen LogP contribution < -0.4 is 10.3 Å². The minimum atomic E-state index is -4.24. The Kier molecular flexibility index (Phi) is 7.47. The lowest BCUT2D eigenvalue weighted by atomic mass is 10.0. The van der Waals surface area contributed by atoms with E-state index in [9.17, 15) is 18.0 Å². The molecule has 0 aliphatic heterocycles. The average Bonchev–Trinajstić information content (AvgIpc) is 2.89. The molecule has 1 N–H and O–H groups in total. The molecular weight excluding hydrogens is 492 g/mol. The van der Waals surface area contributed by atoms with Crippen molar-refractivity contribution in [1.82, 2.24) is 9.29 Å². The van der Waals surface area contributed by atoms with Crippen molar-refractivity contribution in [2.24, 2.45) is 0 Å². The van der Waals surface area contributed by atoms with E-state index in [1.54, 1.807) is 49.6 Å². The first-order chi connectivity index (χ1) is 17.6. The molecule has 0 atom stereocenters. The van der Waals surface area contributed by atoms with Crippen LogP contribution in [0, 0.1) is 13.8 Å². The lowest BCUT2D eigenvalue weighted by molar-refractivity contribution is 0.0596. The van der Waals surface area contributed by atoms with Crippen LogP contribution in [0.1, 0.15) is 32.6 Å². The zero-order chi connectivity index (χ0) is 26.7. The fourth-order valence-electron chi connectivity index (χ4n) is 4.10. The van der Waals surface area contributed by atoms with Crippen molar-refractivity contribution in [3.63, 3.8) is 0 Å². The summed E-state index contributed by atoms with van der Waals surface area (Å²) in [5.41, 5.74) is 3.28. The predicted molar refractivity (Wildman–Crippen MR) is 141 cm³/mol. The van der Waals surface area contributed by atoms with Gasteiger partial charge < -0.3 is 14.5 Å². The van der Waals surface area contributed by atoms with Gasteiger partial charge in [0.25, 0.3) is 5.56 Å². The maximum atomic E-state index is 14.0. The van der Waals surface area contributed by atoms with E-state index in [0.717, 1.165) is 16.5 Å². The van der Waals surface area contributed by atoms with Gasteiger partial charge in [-0.1, -0.05) is 24.3 Å². The van der Waals surface area contributed by atoms with Crippen LogP contribution in [-0.4, -0.2) is 37.9 Å². The number of benzene rings is 3. The third-order valence-electron chi connectivity index (χ3n) is 6.31. The molecule has 8 nitrogen and oxygen atoms in total. The number of hydrogen-bond acceptors (Lipinski definition) is 6. The van der Waals surface area contributed by atoms with Crippen LogP contribution in [0.15, 0.2) is 76.4 Å². The minimum absolute atomic E-state index is 0.0355. The smallest absolute Gasteiger partial charge is 0.339 e. The fourth-order valence-corrected chi connectivity index (χ4v) is 5.69. The van der Waals surface area contributed by atoms with Crippen LogP contribution in [0.4, 0.5) is 0 Å². The monoisotopic (exact) mass is 520 g/mol. The molecule has 3 aromatic carbocycles. The molecule has 192 valence electrons. The van der Waals surface area contributed by atoms with Crippen LogP contribution in [0.5, 0.6) is 5.75 Å². The predicted octanol–water partition coefficient (Wildman–Crippen LogP) is 4.33. The lowest BCUT2D eigenvalue weighted by Gasteiger charge is -2.23. The Labute approximate surface area is 215 Å². The second kappa shape index (κ2) is 10.6. The van der Waals surface area contributed by atoms with Gasteiger partial charge in [0.05, 0.1) is 24.7 Å².